The summed E-state index contributed by atoms with van der Waals surface area (Å²) in [6, 6.07) is 8.03. The Morgan fingerprint density at radius 2 is 1.92 bits per heavy atom. The van der Waals surface area contributed by atoms with Gasteiger partial charge in [-0.1, -0.05) is 29.8 Å². The standard InChI is InChI=1S/C16H17N7O3/c1-11-3-5-13(6-4-11)7-22-10-17-16(20-22)18-15(24)9-21-8-14(23(25)26)12(2)19-21/h3-6,8,10H,7,9H2,1-2H3,(H,18,20,24). The van der Waals surface area contributed by atoms with E-state index in [4.69, 9.17) is 0 Å². The first-order valence-electron chi connectivity index (χ1n) is 7.84. The van der Waals surface area contributed by atoms with E-state index in [9.17, 15) is 14.9 Å². The van der Waals surface area contributed by atoms with Gasteiger partial charge in [-0.2, -0.15) is 5.10 Å². The number of anilines is 1. The van der Waals surface area contributed by atoms with Crippen LogP contribution < -0.4 is 5.32 Å². The summed E-state index contributed by atoms with van der Waals surface area (Å²) >= 11 is 0. The normalized spacial score (nSPS) is 10.7. The Morgan fingerprint density at radius 1 is 1.19 bits per heavy atom. The third kappa shape index (κ3) is 4.09. The number of nitrogens with zero attached hydrogens (tertiary/aromatic N) is 6. The Balaban J connectivity index is 1.60. The second kappa shape index (κ2) is 7.13. The molecular weight excluding hydrogens is 338 g/mol. The number of hydrogen-bond donors (Lipinski definition) is 1. The number of amides is 1. The van der Waals surface area contributed by atoms with Gasteiger partial charge in [0.1, 0.15) is 24.8 Å². The number of benzene rings is 1. The van der Waals surface area contributed by atoms with Crippen LogP contribution in [-0.2, 0) is 17.9 Å². The molecule has 0 bridgehead atoms. The van der Waals surface area contributed by atoms with E-state index in [1.807, 2.05) is 31.2 Å². The molecule has 3 aromatic rings. The molecule has 1 N–H and O–H groups in total. The van der Waals surface area contributed by atoms with E-state index in [2.05, 4.69) is 20.5 Å². The van der Waals surface area contributed by atoms with Crippen LogP contribution in [0.5, 0.6) is 0 Å². The predicted molar refractivity (Wildman–Crippen MR) is 92.6 cm³/mol. The van der Waals surface area contributed by atoms with Crippen molar-refractivity contribution in [3.8, 4) is 0 Å². The lowest BCUT2D eigenvalue weighted by atomic mass is 10.1. The molecule has 10 nitrogen and oxygen atoms in total. The van der Waals surface area contributed by atoms with Gasteiger partial charge in [-0.05, 0) is 19.4 Å². The molecule has 1 aromatic carbocycles. The molecule has 2 heterocycles. The van der Waals surface area contributed by atoms with E-state index in [-0.39, 0.29) is 23.9 Å². The Labute approximate surface area is 148 Å². The third-order valence-electron chi connectivity index (χ3n) is 3.68. The highest BCUT2D eigenvalue weighted by molar-refractivity contribution is 5.88. The van der Waals surface area contributed by atoms with Crippen molar-refractivity contribution in [2.75, 3.05) is 5.32 Å². The van der Waals surface area contributed by atoms with Crippen LogP contribution in [0.2, 0.25) is 0 Å². The Kier molecular flexibility index (Phi) is 4.74. The summed E-state index contributed by atoms with van der Waals surface area (Å²) in [7, 11) is 0. The van der Waals surface area contributed by atoms with Gasteiger partial charge in [-0.25, -0.2) is 9.67 Å². The Hall–Kier alpha value is -3.56. The topological polar surface area (TPSA) is 121 Å². The monoisotopic (exact) mass is 355 g/mol. The van der Waals surface area contributed by atoms with Crippen LogP contribution in [-0.4, -0.2) is 35.4 Å². The van der Waals surface area contributed by atoms with Crippen molar-refractivity contribution in [1.29, 1.82) is 0 Å². The van der Waals surface area contributed by atoms with E-state index in [1.54, 1.807) is 4.68 Å². The van der Waals surface area contributed by atoms with Crippen molar-refractivity contribution in [2.45, 2.75) is 26.9 Å². The molecule has 0 atom stereocenters. The van der Waals surface area contributed by atoms with Gasteiger partial charge in [-0.3, -0.25) is 24.9 Å². The minimum Gasteiger partial charge on any atom is -0.292 e. The van der Waals surface area contributed by atoms with Crippen LogP contribution in [0.3, 0.4) is 0 Å². The molecule has 0 aliphatic carbocycles. The SMILES string of the molecule is Cc1ccc(Cn2cnc(NC(=O)Cn3cc([N+](=O)[O-])c(C)n3)n2)cc1. The van der Waals surface area contributed by atoms with Crippen LogP contribution in [0.15, 0.2) is 36.8 Å². The summed E-state index contributed by atoms with van der Waals surface area (Å²) in [6.07, 6.45) is 2.75. The molecule has 3 rings (SSSR count). The zero-order valence-corrected chi connectivity index (χ0v) is 14.3. The van der Waals surface area contributed by atoms with E-state index >= 15 is 0 Å². The summed E-state index contributed by atoms with van der Waals surface area (Å²) < 4.78 is 2.83. The lowest BCUT2D eigenvalue weighted by Gasteiger charge is -2.02. The highest BCUT2D eigenvalue weighted by atomic mass is 16.6. The number of hydrogen-bond acceptors (Lipinski definition) is 6. The van der Waals surface area contributed by atoms with Crippen molar-refractivity contribution < 1.29 is 9.72 Å². The first-order chi connectivity index (χ1) is 12.4. The maximum atomic E-state index is 12.0. The number of aromatic nitrogens is 5. The fourth-order valence-corrected chi connectivity index (χ4v) is 2.39. The number of carbonyl (C=O) groups is 1. The van der Waals surface area contributed by atoms with Crippen molar-refractivity contribution in [1.82, 2.24) is 24.5 Å². The van der Waals surface area contributed by atoms with Crippen molar-refractivity contribution in [3.05, 3.63) is 63.7 Å². The molecule has 1 amide bonds. The summed E-state index contributed by atoms with van der Waals surface area (Å²) in [5, 5.41) is 21.5. The highest BCUT2D eigenvalue weighted by Gasteiger charge is 2.17. The van der Waals surface area contributed by atoms with Gasteiger partial charge in [0.05, 0.1) is 11.5 Å². The first-order valence-corrected chi connectivity index (χ1v) is 7.84. The molecule has 2 aromatic heterocycles. The molecule has 26 heavy (non-hydrogen) atoms. The maximum absolute atomic E-state index is 12.0. The molecule has 0 saturated heterocycles. The smallest absolute Gasteiger partial charge is 0.292 e. The van der Waals surface area contributed by atoms with Gasteiger partial charge in [0, 0.05) is 0 Å². The van der Waals surface area contributed by atoms with E-state index in [0.29, 0.717) is 6.54 Å². The van der Waals surface area contributed by atoms with Crippen molar-refractivity contribution >= 4 is 17.5 Å². The van der Waals surface area contributed by atoms with Gasteiger partial charge in [0.25, 0.3) is 0 Å². The number of nitrogens with one attached hydrogen (secondary N) is 1. The van der Waals surface area contributed by atoms with Gasteiger partial charge in [-0.15, -0.1) is 5.10 Å². The quantitative estimate of drug-likeness (QED) is 0.530. The Bertz CT molecular complexity index is 943. The third-order valence-corrected chi connectivity index (χ3v) is 3.68. The highest BCUT2D eigenvalue weighted by Crippen LogP contribution is 2.14. The van der Waals surface area contributed by atoms with E-state index in [1.165, 1.54) is 29.7 Å². The van der Waals surface area contributed by atoms with Crippen LogP contribution >= 0.6 is 0 Å². The lowest BCUT2D eigenvalue weighted by Crippen LogP contribution is -2.20. The number of rotatable bonds is 6. The van der Waals surface area contributed by atoms with Crippen LogP contribution in [0.1, 0.15) is 16.8 Å². The van der Waals surface area contributed by atoms with Crippen molar-refractivity contribution in [2.24, 2.45) is 0 Å². The molecule has 0 aliphatic heterocycles. The minimum atomic E-state index is -0.537. The summed E-state index contributed by atoms with van der Waals surface area (Å²) in [5.74, 6) is -0.254. The number of nitro groups is 1. The predicted octanol–water partition coefficient (Wildman–Crippen LogP) is 1.69. The van der Waals surface area contributed by atoms with Crippen LogP contribution in [0.4, 0.5) is 11.6 Å². The van der Waals surface area contributed by atoms with E-state index < -0.39 is 10.8 Å². The van der Waals surface area contributed by atoms with Crippen LogP contribution in [0.25, 0.3) is 0 Å². The fourth-order valence-electron chi connectivity index (χ4n) is 2.39. The average Bonchev–Trinajstić information content (AvgIpc) is 3.16. The largest absolute Gasteiger partial charge is 0.309 e. The second-order valence-electron chi connectivity index (χ2n) is 5.85. The average molecular weight is 355 g/mol. The van der Waals surface area contributed by atoms with Gasteiger partial charge in [0.2, 0.25) is 11.9 Å². The van der Waals surface area contributed by atoms with Gasteiger partial charge < -0.3 is 0 Å². The first kappa shape index (κ1) is 17.3. The molecule has 0 aliphatic rings. The molecule has 134 valence electrons. The lowest BCUT2D eigenvalue weighted by molar-refractivity contribution is -0.385. The fraction of sp³-hybridized carbons (Fsp3) is 0.250. The molecule has 0 spiro atoms. The summed E-state index contributed by atoms with van der Waals surface area (Å²) in [4.78, 5) is 26.4. The number of aryl methyl sites for hydroxylation is 2. The van der Waals surface area contributed by atoms with Crippen molar-refractivity contribution in [3.63, 3.8) is 0 Å². The maximum Gasteiger partial charge on any atom is 0.309 e. The number of carbonyl (C=O) groups excluding carboxylic acids is 1. The van der Waals surface area contributed by atoms with Gasteiger partial charge in [0.15, 0.2) is 0 Å². The zero-order chi connectivity index (χ0) is 18.7. The minimum absolute atomic E-state index is 0.127. The molecule has 0 unspecified atom stereocenters. The molecule has 0 radical (unpaired) electrons. The second-order valence-corrected chi connectivity index (χ2v) is 5.85. The summed E-state index contributed by atoms with van der Waals surface area (Å²) in [5.41, 5.74) is 2.37. The van der Waals surface area contributed by atoms with Gasteiger partial charge >= 0.3 is 5.69 Å². The zero-order valence-electron chi connectivity index (χ0n) is 14.3. The molecular formula is C16H17N7O3. The van der Waals surface area contributed by atoms with Crippen LogP contribution in [0, 0.1) is 24.0 Å². The summed E-state index contributed by atoms with van der Waals surface area (Å²) in [6.45, 7) is 3.90. The molecule has 10 heteroatoms. The Morgan fingerprint density at radius 3 is 2.58 bits per heavy atom. The van der Waals surface area contributed by atoms with E-state index in [0.717, 1.165) is 5.56 Å². The molecule has 0 saturated carbocycles. The molecule has 0 fully saturated rings.